The third-order valence-electron chi connectivity index (χ3n) is 3.99. The minimum atomic E-state index is -3.79. The maximum atomic E-state index is 12.7. The highest BCUT2D eigenvalue weighted by atomic mass is 32.2. The van der Waals surface area contributed by atoms with Gasteiger partial charge in [-0.25, -0.2) is 8.42 Å². The van der Waals surface area contributed by atoms with E-state index in [0.29, 0.717) is 29.5 Å². The number of benzene rings is 2. The highest BCUT2D eigenvalue weighted by Gasteiger charge is 2.22. The van der Waals surface area contributed by atoms with Crippen LogP contribution in [0.25, 0.3) is 0 Å². The quantitative estimate of drug-likeness (QED) is 0.877. The highest BCUT2D eigenvalue weighted by molar-refractivity contribution is 7.92. The van der Waals surface area contributed by atoms with Gasteiger partial charge in [0.15, 0.2) is 0 Å². The van der Waals surface area contributed by atoms with Crippen molar-refractivity contribution in [2.24, 2.45) is 0 Å². The normalized spacial score (nSPS) is 13.6. The fourth-order valence-electron chi connectivity index (χ4n) is 2.59. The Kier molecular flexibility index (Phi) is 4.63. The lowest BCUT2D eigenvalue weighted by atomic mass is 10.2. The molecule has 0 spiro atoms. The summed E-state index contributed by atoms with van der Waals surface area (Å²) in [4.78, 5) is 2.15. The molecule has 1 N–H and O–H groups in total. The van der Waals surface area contributed by atoms with Crippen molar-refractivity contribution in [2.75, 3.05) is 44.0 Å². The van der Waals surface area contributed by atoms with Gasteiger partial charge in [0.25, 0.3) is 10.0 Å². The lowest BCUT2D eigenvalue weighted by Gasteiger charge is -2.27. The number of fused-ring (bicyclic) bond motifs is 1. The molecule has 134 valence electrons. The van der Waals surface area contributed by atoms with Crippen molar-refractivity contribution in [3.05, 3.63) is 36.4 Å². The van der Waals surface area contributed by atoms with E-state index in [2.05, 4.69) is 4.72 Å². The Hall–Kier alpha value is -2.61. The molecule has 1 aliphatic rings. The van der Waals surface area contributed by atoms with E-state index in [9.17, 15) is 8.42 Å². The fourth-order valence-corrected chi connectivity index (χ4v) is 3.68. The van der Waals surface area contributed by atoms with Gasteiger partial charge in [-0.05, 0) is 24.3 Å². The van der Waals surface area contributed by atoms with Crippen molar-refractivity contribution in [2.45, 2.75) is 4.90 Å². The minimum Gasteiger partial charge on any atom is -0.497 e. The average Bonchev–Trinajstić information content (AvgIpc) is 2.61. The second-order valence-corrected chi connectivity index (χ2v) is 7.25. The van der Waals surface area contributed by atoms with Crippen LogP contribution in [0.5, 0.6) is 17.2 Å². The van der Waals surface area contributed by atoms with Gasteiger partial charge in [-0.2, -0.15) is 0 Å². The van der Waals surface area contributed by atoms with Crippen LogP contribution in [-0.2, 0) is 10.0 Å². The number of hydrogen-bond donors (Lipinski definition) is 1. The molecule has 2 aromatic carbocycles. The van der Waals surface area contributed by atoms with Gasteiger partial charge in [-0.15, -0.1) is 0 Å². The van der Waals surface area contributed by atoms with Gasteiger partial charge in [-0.3, -0.25) is 4.72 Å². The Bertz CT molecular complexity index is 883. The molecule has 0 aliphatic carbocycles. The van der Waals surface area contributed by atoms with E-state index in [0.717, 1.165) is 12.2 Å². The molecule has 0 radical (unpaired) electrons. The average molecular weight is 364 g/mol. The van der Waals surface area contributed by atoms with Gasteiger partial charge in [0, 0.05) is 19.2 Å². The summed E-state index contributed by atoms with van der Waals surface area (Å²) in [5, 5.41) is 0. The SMILES string of the molecule is COc1ccc(NS(=O)(=O)c2ccc3c(c2)OCCN3C)c(OC)c1. The van der Waals surface area contributed by atoms with E-state index in [4.69, 9.17) is 14.2 Å². The number of nitrogens with one attached hydrogen (secondary N) is 1. The Morgan fingerprint density at radius 3 is 2.64 bits per heavy atom. The van der Waals surface area contributed by atoms with Crippen LogP contribution < -0.4 is 23.8 Å². The largest absolute Gasteiger partial charge is 0.497 e. The van der Waals surface area contributed by atoms with E-state index in [1.54, 1.807) is 30.3 Å². The van der Waals surface area contributed by atoms with E-state index in [1.807, 2.05) is 11.9 Å². The smallest absolute Gasteiger partial charge is 0.262 e. The molecule has 0 amide bonds. The second kappa shape index (κ2) is 6.72. The zero-order chi connectivity index (χ0) is 18.0. The monoisotopic (exact) mass is 364 g/mol. The van der Waals surface area contributed by atoms with Gasteiger partial charge < -0.3 is 19.1 Å². The van der Waals surface area contributed by atoms with E-state index >= 15 is 0 Å². The lowest BCUT2D eigenvalue weighted by molar-refractivity contribution is 0.310. The minimum absolute atomic E-state index is 0.124. The van der Waals surface area contributed by atoms with Crippen molar-refractivity contribution >= 4 is 21.4 Å². The third kappa shape index (κ3) is 3.43. The Morgan fingerprint density at radius 1 is 1.12 bits per heavy atom. The van der Waals surface area contributed by atoms with E-state index < -0.39 is 10.0 Å². The van der Waals surface area contributed by atoms with Crippen molar-refractivity contribution in [3.63, 3.8) is 0 Å². The summed E-state index contributed by atoms with van der Waals surface area (Å²) in [6, 6.07) is 9.70. The number of likely N-dealkylation sites (N-methyl/N-ethyl adjacent to an activating group) is 1. The number of ether oxygens (including phenoxy) is 3. The van der Waals surface area contributed by atoms with Gasteiger partial charge >= 0.3 is 0 Å². The molecule has 0 fully saturated rings. The zero-order valence-electron chi connectivity index (χ0n) is 14.3. The van der Waals surface area contributed by atoms with Crippen LogP contribution in [0.1, 0.15) is 0 Å². The molecule has 0 atom stereocenters. The molecule has 1 heterocycles. The summed E-state index contributed by atoms with van der Waals surface area (Å²) in [5.41, 5.74) is 1.20. The van der Waals surface area contributed by atoms with E-state index in [1.165, 1.54) is 20.3 Å². The molecular formula is C17H20N2O5S. The first kappa shape index (κ1) is 17.2. The summed E-state index contributed by atoms with van der Waals surface area (Å²) in [7, 11) is 1.15. The molecular weight excluding hydrogens is 344 g/mol. The Morgan fingerprint density at radius 2 is 1.92 bits per heavy atom. The lowest BCUT2D eigenvalue weighted by Crippen LogP contribution is -2.29. The molecule has 25 heavy (non-hydrogen) atoms. The molecule has 3 rings (SSSR count). The maximum Gasteiger partial charge on any atom is 0.262 e. The molecule has 0 unspecified atom stereocenters. The first-order chi connectivity index (χ1) is 11.9. The second-order valence-electron chi connectivity index (χ2n) is 5.57. The van der Waals surface area contributed by atoms with E-state index in [-0.39, 0.29) is 4.90 Å². The topological polar surface area (TPSA) is 77.1 Å². The summed E-state index contributed by atoms with van der Waals surface area (Å²) in [6.07, 6.45) is 0. The van der Waals surface area contributed by atoms with Gasteiger partial charge in [0.05, 0.1) is 37.0 Å². The van der Waals surface area contributed by atoms with Crippen LogP contribution in [0.4, 0.5) is 11.4 Å². The summed E-state index contributed by atoms with van der Waals surface area (Å²) in [6.45, 7) is 1.28. The van der Waals surface area contributed by atoms with Crippen molar-refractivity contribution in [1.82, 2.24) is 0 Å². The van der Waals surface area contributed by atoms with Gasteiger partial charge in [0.1, 0.15) is 23.9 Å². The first-order valence-corrected chi connectivity index (χ1v) is 9.16. The molecule has 1 aliphatic heterocycles. The first-order valence-electron chi connectivity index (χ1n) is 7.67. The molecule has 0 saturated carbocycles. The van der Waals surface area contributed by atoms with Gasteiger partial charge in [-0.1, -0.05) is 0 Å². The zero-order valence-corrected chi connectivity index (χ0v) is 15.1. The standard InChI is InChI=1S/C17H20N2O5S/c1-19-8-9-24-17-11-13(5-7-15(17)19)25(20,21)18-14-6-4-12(22-2)10-16(14)23-3/h4-7,10-11,18H,8-9H2,1-3H3. The maximum absolute atomic E-state index is 12.7. The highest BCUT2D eigenvalue weighted by Crippen LogP contribution is 2.35. The van der Waals surface area contributed by atoms with Crippen molar-refractivity contribution in [1.29, 1.82) is 0 Å². The fraction of sp³-hybridized carbons (Fsp3) is 0.294. The predicted octanol–water partition coefficient (Wildman–Crippen LogP) is 2.33. The van der Waals surface area contributed by atoms with Crippen molar-refractivity contribution < 1.29 is 22.6 Å². The number of rotatable bonds is 5. The molecule has 0 aromatic heterocycles. The number of hydrogen-bond acceptors (Lipinski definition) is 6. The number of anilines is 2. The van der Waals surface area contributed by atoms with Crippen LogP contribution in [0.2, 0.25) is 0 Å². The summed E-state index contributed by atoms with van der Waals surface area (Å²) >= 11 is 0. The number of sulfonamides is 1. The number of methoxy groups -OCH3 is 2. The molecule has 8 heteroatoms. The predicted molar refractivity (Wildman–Crippen MR) is 95.6 cm³/mol. The van der Waals surface area contributed by atoms with Crippen molar-refractivity contribution in [3.8, 4) is 17.2 Å². The molecule has 0 saturated heterocycles. The Balaban J connectivity index is 1.92. The number of nitrogens with zero attached hydrogens (tertiary/aromatic N) is 1. The summed E-state index contributed by atoms with van der Waals surface area (Å²) in [5.74, 6) is 1.50. The Labute approximate surface area is 147 Å². The molecule has 2 aromatic rings. The molecule has 0 bridgehead atoms. The van der Waals surface area contributed by atoms with Crippen LogP contribution >= 0.6 is 0 Å². The van der Waals surface area contributed by atoms with Crippen LogP contribution in [0, 0.1) is 0 Å². The van der Waals surface area contributed by atoms with Crippen LogP contribution in [-0.4, -0.2) is 42.8 Å². The third-order valence-corrected chi connectivity index (χ3v) is 5.35. The van der Waals surface area contributed by atoms with Crippen LogP contribution in [0.15, 0.2) is 41.3 Å². The molecule has 7 nitrogen and oxygen atoms in total. The van der Waals surface area contributed by atoms with Gasteiger partial charge in [0.2, 0.25) is 0 Å². The summed E-state index contributed by atoms with van der Waals surface area (Å²) < 4.78 is 43.9. The van der Waals surface area contributed by atoms with Crippen LogP contribution in [0.3, 0.4) is 0 Å².